The minimum Gasteiger partial charge on any atom is -0.309 e. The van der Waals surface area contributed by atoms with Crippen LogP contribution in [0.4, 0.5) is 34.1 Å². The molecule has 0 radical (unpaired) electrons. The Hall–Kier alpha value is -8.46. The van der Waals surface area contributed by atoms with Crippen molar-refractivity contribution in [1.29, 1.82) is 0 Å². The summed E-state index contributed by atoms with van der Waals surface area (Å²) in [6, 6.07) is 92.7. The fourth-order valence-corrected chi connectivity index (χ4v) is 9.98. The van der Waals surface area contributed by atoms with Gasteiger partial charge < -0.3 is 9.80 Å². The van der Waals surface area contributed by atoms with Crippen LogP contribution in [0.25, 0.3) is 76.1 Å². The van der Waals surface area contributed by atoms with Gasteiger partial charge in [-0.05, 0) is 115 Å². The lowest BCUT2D eigenvalue weighted by Crippen LogP contribution is -2.11. The van der Waals surface area contributed by atoms with Gasteiger partial charge in [0.2, 0.25) is 0 Å². The summed E-state index contributed by atoms with van der Waals surface area (Å²) in [7, 11) is 0. The molecular formula is C62H42N2. The van der Waals surface area contributed by atoms with Gasteiger partial charge in [0.25, 0.3) is 0 Å². The molecule has 0 aliphatic rings. The van der Waals surface area contributed by atoms with Gasteiger partial charge in [-0.25, -0.2) is 0 Å². The molecule has 12 aromatic carbocycles. The van der Waals surface area contributed by atoms with Crippen LogP contribution in [0, 0.1) is 0 Å². The van der Waals surface area contributed by atoms with Crippen molar-refractivity contribution in [3.8, 4) is 22.3 Å². The number of nitrogens with zero attached hydrogens (tertiary/aromatic N) is 2. The Labute approximate surface area is 373 Å². The Bertz CT molecular complexity index is 3340. The molecule has 2 heteroatoms. The molecule has 0 amide bonds. The maximum Gasteiger partial charge on any atom is 0.0618 e. The summed E-state index contributed by atoms with van der Waals surface area (Å²) in [6.07, 6.45) is 0. The second kappa shape index (κ2) is 15.8. The third-order valence-corrected chi connectivity index (χ3v) is 12.8. The first-order chi connectivity index (χ1) is 31.8. The zero-order valence-electron chi connectivity index (χ0n) is 35.1. The van der Waals surface area contributed by atoms with Gasteiger partial charge in [0.1, 0.15) is 0 Å². The minimum atomic E-state index is 1.12. The fraction of sp³-hybridized carbons (Fsp3) is 0. The van der Waals surface area contributed by atoms with Crippen molar-refractivity contribution in [3.05, 3.63) is 255 Å². The first kappa shape index (κ1) is 37.3. The lowest BCUT2D eigenvalue weighted by molar-refractivity contribution is 1.31. The van der Waals surface area contributed by atoms with Gasteiger partial charge in [0.15, 0.2) is 0 Å². The van der Waals surface area contributed by atoms with E-state index in [0.717, 1.165) is 22.7 Å². The van der Waals surface area contributed by atoms with Crippen molar-refractivity contribution in [1.82, 2.24) is 0 Å². The molecule has 0 aliphatic heterocycles. The molecule has 0 N–H and O–H groups in total. The highest BCUT2D eigenvalue weighted by atomic mass is 15.2. The number of rotatable bonds is 8. The summed E-state index contributed by atoms with van der Waals surface area (Å²) in [6.45, 7) is 0. The molecule has 64 heavy (non-hydrogen) atoms. The van der Waals surface area contributed by atoms with Crippen molar-refractivity contribution in [2.75, 3.05) is 9.80 Å². The molecule has 0 saturated heterocycles. The maximum absolute atomic E-state index is 2.42. The van der Waals surface area contributed by atoms with E-state index in [0.29, 0.717) is 0 Å². The Balaban J connectivity index is 1.10. The van der Waals surface area contributed by atoms with Gasteiger partial charge in [-0.2, -0.15) is 0 Å². The normalized spacial score (nSPS) is 11.4. The zero-order chi connectivity index (χ0) is 42.4. The molecule has 12 aromatic rings. The lowest BCUT2D eigenvalue weighted by Gasteiger charge is -2.29. The molecule has 12 rings (SSSR count). The zero-order valence-corrected chi connectivity index (χ0v) is 35.1. The summed E-state index contributed by atoms with van der Waals surface area (Å²) in [5.41, 5.74) is 11.7. The molecule has 0 heterocycles. The van der Waals surface area contributed by atoms with Crippen LogP contribution in [0.3, 0.4) is 0 Å². The molecule has 0 bridgehead atoms. The SMILES string of the molecule is c1ccc(N(c2ccccc2)c2c3ccccc3cc3c(-c4ccc(-c5cccc6c(N(c7ccccc7)c7ccccc7)c7ccccc7cc56)c5ccccc45)cccc23)cc1. The van der Waals surface area contributed by atoms with Gasteiger partial charge in [0, 0.05) is 44.3 Å². The average Bonchev–Trinajstić information content (AvgIpc) is 3.37. The summed E-state index contributed by atoms with van der Waals surface area (Å²) in [5, 5.41) is 12.1. The molecule has 2 nitrogen and oxygen atoms in total. The summed E-state index contributed by atoms with van der Waals surface area (Å²) < 4.78 is 0. The number of hydrogen-bond acceptors (Lipinski definition) is 2. The van der Waals surface area contributed by atoms with Crippen LogP contribution in [0.2, 0.25) is 0 Å². The van der Waals surface area contributed by atoms with E-state index in [4.69, 9.17) is 0 Å². The second-order valence-corrected chi connectivity index (χ2v) is 16.4. The van der Waals surface area contributed by atoms with Crippen molar-refractivity contribution in [2.24, 2.45) is 0 Å². The minimum absolute atomic E-state index is 1.12. The molecule has 0 saturated carbocycles. The van der Waals surface area contributed by atoms with E-state index in [2.05, 4.69) is 265 Å². The van der Waals surface area contributed by atoms with Gasteiger partial charge in [0.05, 0.1) is 11.4 Å². The quantitative estimate of drug-likeness (QED) is 0.141. The molecule has 0 aromatic heterocycles. The predicted octanol–water partition coefficient (Wildman–Crippen LogP) is 17.7. The van der Waals surface area contributed by atoms with Crippen LogP contribution >= 0.6 is 0 Å². The third-order valence-electron chi connectivity index (χ3n) is 12.8. The van der Waals surface area contributed by atoms with Crippen LogP contribution in [0.15, 0.2) is 255 Å². The monoisotopic (exact) mass is 814 g/mol. The highest BCUT2D eigenvalue weighted by Crippen LogP contribution is 2.49. The van der Waals surface area contributed by atoms with Gasteiger partial charge in [-0.3, -0.25) is 0 Å². The van der Waals surface area contributed by atoms with Crippen molar-refractivity contribution in [3.63, 3.8) is 0 Å². The number of anilines is 6. The van der Waals surface area contributed by atoms with E-state index < -0.39 is 0 Å². The number of benzene rings is 12. The molecular weight excluding hydrogens is 773 g/mol. The molecule has 0 atom stereocenters. The molecule has 300 valence electrons. The standard InChI is InChI=1S/C62H42N2/c1-5-23-45(24-6-1)63(46-25-7-2-8-26-46)61-49-31-15-13-21-43(49)41-59-53(35-19-37-57(59)61)55-39-40-56(52-34-18-17-33-51(52)55)54-36-20-38-58-60(54)42-44-22-14-16-32-50(44)62(58)64(47-27-9-3-10-28-47)48-29-11-4-12-30-48/h1-42H. The van der Waals surface area contributed by atoms with Crippen LogP contribution in [0.1, 0.15) is 0 Å². The highest BCUT2D eigenvalue weighted by molar-refractivity contribution is 6.22. The third kappa shape index (κ3) is 6.27. The Kier molecular flexibility index (Phi) is 9.20. The van der Waals surface area contributed by atoms with Crippen LogP contribution in [-0.4, -0.2) is 0 Å². The Morgan fingerprint density at radius 3 is 0.828 bits per heavy atom. The van der Waals surface area contributed by atoms with Crippen molar-refractivity contribution >= 4 is 88.0 Å². The summed E-state index contributed by atoms with van der Waals surface area (Å²) >= 11 is 0. The summed E-state index contributed by atoms with van der Waals surface area (Å²) in [4.78, 5) is 4.84. The highest BCUT2D eigenvalue weighted by Gasteiger charge is 2.23. The molecule has 0 spiro atoms. The van der Waals surface area contributed by atoms with Crippen molar-refractivity contribution in [2.45, 2.75) is 0 Å². The van der Waals surface area contributed by atoms with Gasteiger partial charge in [-0.1, -0.05) is 194 Å². The summed E-state index contributed by atoms with van der Waals surface area (Å²) in [5.74, 6) is 0. The Morgan fingerprint density at radius 1 is 0.188 bits per heavy atom. The first-order valence-corrected chi connectivity index (χ1v) is 22.0. The van der Waals surface area contributed by atoms with Gasteiger partial charge in [-0.15, -0.1) is 0 Å². The largest absolute Gasteiger partial charge is 0.309 e. The number of fused-ring (bicyclic) bond motifs is 5. The number of para-hydroxylation sites is 4. The molecule has 0 aliphatic carbocycles. The van der Waals surface area contributed by atoms with Gasteiger partial charge >= 0.3 is 0 Å². The van der Waals surface area contributed by atoms with E-state index in [1.807, 2.05) is 0 Å². The predicted molar refractivity (Wildman–Crippen MR) is 274 cm³/mol. The van der Waals surface area contributed by atoms with E-state index in [1.165, 1.54) is 87.5 Å². The Morgan fingerprint density at radius 2 is 0.469 bits per heavy atom. The van der Waals surface area contributed by atoms with Crippen LogP contribution < -0.4 is 9.80 Å². The van der Waals surface area contributed by atoms with E-state index in [9.17, 15) is 0 Å². The first-order valence-electron chi connectivity index (χ1n) is 22.0. The van der Waals surface area contributed by atoms with E-state index in [-0.39, 0.29) is 0 Å². The second-order valence-electron chi connectivity index (χ2n) is 16.4. The van der Waals surface area contributed by atoms with Crippen LogP contribution in [-0.2, 0) is 0 Å². The fourth-order valence-electron chi connectivity index (χ4n) is 9.98. The smallest absolute Gasteiger partial charge is 0.0618 e. The number of hydrogen-bond donors (Lipinski definition) is 0. The topological polar surface area (TPSA) is 6.48 Å². The average molecular weight is 815 g/mol. The van der Waals surface area contributed by atoms with E-state index >= 15 is 0 Å². The molecule has 0 fully saturated rings. The van der Waals surface area contributed by atoms with E-state index in [1.54, 1.807) is 0 Å². The van der Waals surface area contributed by atoms with Crippen LogP contribution in [0.5, 0.6) is 0 Å². The van der Waals surface area contributed by atoms with Crippen molar-refractivity contribution < 1.29 is 0 Å². The maximum atomic E-state index is 2.42. The lowest BCUT2D eigenvalue weighted by atomic mass is 9.87. The molecule has 0 unspecified atom stereocenters.